The van der Waals surface area contributed by atoms with E-state index in [0.717, 1.165) is 5.75 Å². The van der Waals surface area contributed by atoms with Crippen molar-refractivity contribution in [2.75, 3.05) is 7.11 Å². The van der Waals surface area contributed by atoms with Gasteiger partial charge in [0.25, 0.3) is 0 Å². The summed E-state index contributed by atoms with van der Waals surface area (Å²) in [6, 6.07) is 2.20. The summed E-state index contributed by atoms with van der Waals surface area (Å²) in [6.07, 6.45) is 6.62. The topological polar surface area (TPSA) is 35.2 Å². The first-order valence-electron chi connectivity index (χ1n) is 5.70. The molecule has 1 aliphatic carbocycles. The zero-order chi connectivity index (χ0) is 10.7. The van der Waals surface area contributed by atoms with Crippen molar-refractivity contribution in [3.8, 4) is 5.75 Å². The van der Waals surface area contributed by atoms with Crippen LogP contribution in [0.15, 0.2) is 11.4 Å². The number of thiophene rings is 1. The molecule has 1 unspecified atom stereocenters. The Kier molecular flexibility index (Phi) is 3.65. The maximum absolute atomic E-state index is 6.32. The molecule has 0 bridgehead atoms. The fraction of sp³-hybridized carbons (Fsp3) is 0.667. The third-order valence-electron chi connectivity index (χ3n) is 3.34. The van der Waals surface area contributed by atoms with Crippen LogP contribution in [0.25, 0.3) is 0 Å². The molecule has 2 nitrogen and oxygen atoms in total. The van der Waals surface area contributed by atoms with Crippen LogP contribution in [-0.2, 0) is 0 Å². The zero-order valence-corrected chi connectivity index (χ0v) is 10.1. The van der Waals surface area contributed by atoms with Crippen LogP contribution in [0, 0.1) is 5.92 Å². The van der Waals surface area contributed by atoms with Gasteiger partial charge in [-0.2, -0.15) is 0 Å². The normalized spacial score (nSPS) is 20.1. The Labute approximate surface area is 95.4 Å². The minimum atomic E-state index is 0.181. The van der Waals surface area contributed by atoms with Crippen LogP contribution in [-0.4, -0.2) is 7.11 Å². The summed E-state index contributed by atoms with van der Waals surface area (Å²) in [4.78, 5) is 1.23. The van der Waals surface area contributed by atoms with Crippen LogP contribution in [0.1, 0.15) is 43.0 Å². The lowest BCUT2D eigenvalue weighted by Gasteiger charge is -2.27. The Morgan fingerprint density at radius 1 is 1.40 bits per heavy atom. The molecule has 1 heterocycles. The molecule has 2 rings (SSSR count). The van der Waals surface area contributed by atoms with Crippen molar-refractivity contribution in [2.24, 2.45) is 11.7 Å². The van der Waals surface area contributed by atoms with Gasteiger partial charge in [0.1, 0.15) is 5.75 Å². The first-order valence-corrected chi connectivity index (χ1v) is 6.58. The molecule has 1 aromatic rings. The van der Waals surface area contributed by atoms with Gasteiger partial charge in [-0.3, -0.25) is 0 Å². The van der Waals surface area contributed by atoms with Crippen molar-refractivity contribution in [1.82, 2.24) is 0 Å². The molecule has 1 saturated carbocycles. The van der Waals surface area contributed by atoms with Crippen LogP contribution in [0.5, 0.6) is 5.75 Å². The van der Waals surface area contributed by atoms with Gasteiger partial charge in [0, 0.05) is 6.04 Å². The predicted molar refractivity (Wildman–Crippen MR) is 64.4 cm³/mol. The van der Waals surface area contributed by atoms with E-state index < -0.39 is 0 Å². The molecular weight excluding hydrogens is 206 g/mol. The van der Waals surface area contributed by atoms with E-state index in [-0.39, 0.29) is 6.04 Å². The van der Waals surface area contributed by atoms with E-state index in [4.69, 9.17) is 10.5 Å². The number of methoxy groups -OCH3 is 1. The fourth-order valence-electron chi connectivity index (χ4n) is 2.43. The maximum Gasteiger partial charge on any atom is 0.134 e. The standard InChI is InChI=1S/C12H19NOS/c1-14-10-7-8-15-12(10)11(13)9-5-3-2-4-6-9/h7-9,11H,2-6,13H2,1H3. The summed E-state index contributed by atoms with van der Waals surface area (Å²) in [7, 11) is 1.72. The Morgan fingerprint density at radius 3 is 2.80 bits per heavy atom. The summed E-state index contributed by atoms with van der Waals surface area (Å²) >= 11 is 1.73. The summed E-state index contributed by atoms with van der Waals surface area (Å²) in [5.41, 5.74) is 6.32. The van der Waals surface area contributed by atoms with Crippen molar-refractivity contribution in [2.45, 2.75) is 38.1 Å². The van der Waals surface area contributed by atoms with Gasteiger partial charge in [0.15, 0.2) is 0 Å². The van der Waals surface area contributed by atoms with Crippen LogP contribution >= 0.6 is 11.3 Å². The molecule has 0 saturated heterocycles. The Balaban J connectivity index is 2.08. The second kappa shape index (κ2) is 4.99. The number of rotatable bonds is 3. The number of ether oxygens (including phenoxy) is 1. The Hall–Kier alpha value is -0.540. The molecule has 1 atom stereocenters. The number of nitrogens with two attached hydrogens (primary N) is 1. The first-order chi connectivity index (χ1) is 7.33. The highest BCUT2D eigenvalue weighted by atomic mass is 32.1. The van der Waals surface area contributed by atoms with Crippen molar-refractivity contribution in [3.05, 3.63) is 16.3 Å². The van der Waals surface area contributed by atoms with Crippen molar-refractivity contribution >= 4 is 11.3 Å². The summed E-state index contributed by atoms with van der Waals surface area (Å²) in [6.45, 7) is 0. The molecule has 1 aromatic heterocycles. The largest absolute Gasteiger partial charge is 0.496 e. The Morgan fingerprint density at radius 2 is 2.13 bits per heavy atom. The molecule has 0 amide bonds. The third kappa shape index (κ3) is 2.34. The molecule has 0 aliphatic heterocycles. The average Bonchev–Trinajstić information content (AvgIpc) is 2.77. The van der Waals surface area contributed by atoms with Crippen molar-refractivity contribution < 1.29 is 4.74 Å². The highest BCUT2D eigenvalue weighted by molar-refractivity contribution is 7.10. The highest BCUT2D eigenvalue weighted by Crippen LogP contribution is 2.38. The number of hydrogen-bond acceptors (Lipinski definition) is 3. The summed E-state index contributed by atoms with van der Waals surface area (Å²) < 4.78 is 5.33. The third-order valence-corrected chi connectivity index (χ3v) is 4.34. The van der Waals surface area contributed by atoms with Gasteiger partial charge in [0.2, 0.25) is 0 Å². The van der Waals surface area contributed by atoms with Crippen LogP contribution in [0.3, 0.4) is 0 Å². The maximum atomic E-state index is 6.32. The minimum absolute atomic E-state index is 0.181. The smallest absolute Gasteiger partial charge is 0.134 e. The van der Waals surface area contributed by atoms with Crippen LogP contribution in [0.2, 0.25) is 0 Å². The monoisotopic (exact) mass is 225 g/mol. The van der Waals surface area contributed by atoms with Gasteiger partial charge in [-0.25, -0.2) is 0 Å². The van der Waals surface area contributed by atoms with E-state index in [9.17, 15) is 0 Å². The van der Waals surface area contributed by atoms with Crippen molar-refractivity contribution in [1.29, 1.82) is 0 Å². The molecule has 1 fully saturated rings. The lowest BCUT2D eigenvalue weighted by molar-refractivity contribution is 0.304. The molecule has 0 spiro atoms. The minimum Gasteiger partial charge on any atom is -0.496 e. The fourth-order valence-corrected chi connectivity index (χ4v) is 3.38. The molecule has 0 aromatic carbocycles. The quantitative estimate of drug-likeness (QED) is 0.856. The second-order valence-corrected chi connectivity index (χ2v) is 5.22. The van der Waals surface area contributed by atoms with Gasteiger partial charge in [-0.05, 0) is 30.2 Å². The summed E-state index contributed by atoms with van der Waals surface area (Å²) in [5, 5.41) is 2.07. The Bertz CT molecular complexity index is 304. The predicted octanol–water partition coefficient (Wildman–Crippen LogP) is 3.34. The van der Waals surface area contributed by atoms with E-state index >= 15 is 0 Å². The van der Waals surface area contributed by atoms with Gasteiger partial charge in [-0.1, -0.05) is 19.3 Å². The SMILES string of the molecule is COc1ccsc1C(N)C1CCCCC1. The van der Waals surface area contributed by atoms with Gasteiger partial charge < -0.3 is 10.5 Å². The summed E-state index contributed by atoms with van der Waals surface area (Å²) in [5.74, 6) is 1.63. The lowest BCUT2D eigenvalue weighted by atomic mass is 9.83. The van der Waals surface area contributed by atoms with E-state index in [1.807, 2.05) is 6.07 Å². The molecule has 15 heavy (non-hydrogen) atoms. The van der Waals surface area contributed by atoms with Gasteiger partial charge >= 0.3 is 0 Å². The lowest BCUT2D eigenvalue weighted by Crippen LogP contribution is -2.23. The molecule has 84 valence electrons. The van der Waals surface area contributed by atoms with Gasteiger partial charge in [0.05, 0.1) is 12.0 Å². The molecular formula is C12H19NOS. The molecule has 0 radical (unpaired) electrons. The second-order valence-electron chi connectivity index (χ2n) is 4.28. The van der Waals surface area contributed by atoms with Crippen LogP contribution < -0.4 is 10.5 Å². The van der Waals surface area contributed by atoms with E-state index in [0.29, 0.717) is 5.92 Å². The first kappa shape index (κ1) is 11.0. The average molecular weight is 225 g/mol. The molecule has 1 aliphatic rings. The van der Waals surface area contributed by atoms with E-state index in [1.165, 1.54) is 37.0 Å². The van der Waals surface area contributed by atoms with E-state index in [1.54, 1.807) is 18.4 Å². The van der Waals surface area contributed by atoms with Gasteiger partial charge in [-0.15, -0.1) is 11.3 Å². The number of hydrogen-bond donors (Lipinski definition) is 1. The zero-order valence-electron chi connectivity index (χ0n) is 9.24. The van der Waals surface area contributed by atoms with E-state index in [2.05, 4.69) is 5.38 Å². The van der Waals surface area contributed by atoms with Crippen molar-refractivity contribution in [3.63, 3.8) is 0 Å². The molecule has 3 heteroatoms. The highest BCUT2D eigenvalue weighted by Gasteiger charge is 2.24. The molecule has 2 N–H and O–H groups in total. The van der Waals surface area contributed by atoms with Crippen LogP contribution in [0.4, 0.5) is 0 Å².